The first-order chi connectivity index (χ1) is 11.0. The lowest BCUT2D eigenvalue weighted by atomic mass is 10.1. The number of esters is 1. The van der Waals surface area contributed by atoms with E-state index in [2.05, 4.69) is 19.7 Å². The van der Waals surface area contributed by atoms with Gasteiger partial charge in [0, 0.05) is 36.7 Å². The second-order valence-corrected chi connectivity index (χ2v) is 4.80. The highest BCUT2D eigenvalue weighted by Crippen LogP contribution is 2.31. The van der Waals surface area contributed by atoms with Crippen molar-refractivity contribution in [3.05, 3.63) is 38.4 Å². The van der Waals surface area contributed by atoms with E-state index in [0.717, 1.165) is 24.3 Å². The van der Waals surface area contributed by atoms with Gasteiger partial charge in [0.15, 0.2) is 0 Å². The third kappa shape index (κ3) is 3.35. The van der Waals surface area contributed by atoms with Gasteiger partial charge >= 0.3 is 11.7 Å². The van der Waals surface area contributed by atoms with Crippen molar-refractivity contribution in [2.24, 2.45) is 11.0 Å². The first kappa shape index (κ1) is 16.2. The van der Waals surface area contributed by atoms with Crippen molar-refractivity contribution in [2.45, 2.75) is 6.42 Å². The van der Waals surface area contributed by atoms with Crippen LogP contribution in [-0.2, 0) is 9.53 Å². The molecule has 0 aromatic carbocycles. The van der Waals surface area contributed by atoms with Gasteiger partial charge in [0.2, 0.25) is 11.7 Å². The van der Waals surface area contributed by atoms with E-state index in [-0.39, 0.29) is 42.7 Å². The fraction of sp³-hybridized carbons (Fsp3) is 0.417. The first-order valence-electron chi connectivity index (χ1n) is 6.52. The van der Waals surface area contributed by atoms with E-state index in [9.17, 15) is 19.7 Å². The van der Waals surface area contributed by atoms with Crippen molar-refractivity contribution in [1.82, 2.24) is 4.98 Å². The van der Waals surface area contributed by atoms with Crippen molar-refractivity contribution in [2.75, 3.05) is 25.1 Å². The van der Waals surface area contributed by atoms with Crippen LogP contribution in [-0.4, -0.2) is 42.0 Å². The maximum Gasteiger partial charge on any atom is 0.339 e. The molecular weight excluding hydrogens is 308 g/mol. The summed E-state index contributed by atoms with van der Waals surface area (Å²) in [5.41, 5.74) is 7.76. The summed E-state index contributed by atoms with van der Waals surface area (Å²) in [5.74, 6) is -1.50. The topological polar surface area (TPSA) is 151 Å². The van der Waals surface area contributed by atoms with Gasteiger partial charge in [-0.25, -0.2) is 9.78 Å². The Labute approximate surface area is 129 Å². The van der Waals surface area contributed by atoms with Gasteiger partial charge in [-0.3, -0.25) is 19.8 Å². The highest BCUT2D eigenvalue weighted by atomic mass is 16.6. The van der Waals surface area contributed by atoms with Crippen molar-refractivity contribution in [1.29, 1.82) is 0 Å². The Hall–Kier alpha value is -3.20. The Kier molecular flexibility index (Phi) is 4.72. The van der Waals surface area contributed by atoms with E-state index in [1.165, 1.54) is 0 Å². The lowest BCUT2D eigenvalue weighted by Crippen LogP contribution is -2.27. The van der Waals surface area contributed by atoms with Crippen LogP contribution in [0.3, 0.4) is 0 Å². The monoisotopic (exact) mass is 320 g/mol. The smallest absolute Gasteiger partial charge is 0.339 e. The second-order valence-electron chi connectivity index (χ2n) is 4.80. The largest absolute Gasteiger partial charge is 0.465 e. The fourth-order valence-corrected chi connectivity index (χ4v) is 2.28. The molecule has 0 saturated carbocycles. The summed E-state index contributed by atoms with van der Waals surface area (Å²) >= 11 is 0. The Balaban J connectivity index is 2.35. The number of hydrogen-bond donors (Lipinski definition) is 0. The minimum atomic E-state index is -0.763. The summed E-state index contributed by atoms with van der Waals surface area (Å²) in [4.78, 5) is 41.6. The number of carbonyl (C=O) groups excluding carboxylic acids is 2. The number of ether oxygens (including phenoxy) is 1. The van der Waals surface area contributed by atoms with Crippen LogP contribution >= 0.6 is 0 Å². The van der Waals surface area contributed by atoms with Gasteiger partial charge < -0.3 is 4.74 Å². The Bertz CT molecular complexity index is 714. The van der Waals surface area contributed by atoms with Gasteiger partial charge in [0.05, 0.1) is 17.6 Å². The molecule has 1 saturated heterocycles. The molecule has 0 N–H and O–H groups in total. The molecule has 2 rings (SSSR count). The molecule has 11 heteroatoms. The summed E-state index contributed by atoms with van der Waals surface area (Å²) in [5, 5.41) is 14.6. The van der Waals surface area contributed by atoms with E-state index in [1.807, 2.05) is 0 Å². The van der Waals surface area contributed by atoms with Crippen molar-refractivity contribution in [3.63, 3.8) is 0 Å². The number of azide groups is 1. The van der Waals surface area contributed by atoms with Crippen LogP contribution in [0.15, 0.2) is 17.4 Å². The summed E-state index contributed by atoms with van der Waals surface area (Å²) in [6.45, 7) is 0.274. The predicted molar refractivity (Wildman–Crippen MR) is 76.7 cm³/mol. The van der Waals surface area contributed by atoms with E-state index in [0.29, 0.717) is 0 Å². The Morgan fingerprint density at radius 2 is 2.43 bits per heavy atom. The standard InChI is InChI=1S/C12H12N6O5/c1-23-12(20)8-3-9(18(21)22)11(14-5-8)17-6-7(2-10(17)19)4-15-16-13/h3,5,7H,2,4,6H2,1H3. The van der Waals surface area contributed by atoms with Crippen LogP contribution in [0.4, 0.5) is 11.5 Å². The predicted octanol–water partition coefficient (Wildman–Crippen LogP) is 1.44. The van der Waals surface area contributed by atoms with E-state index < -0.39 is 16.6 Å². The van der Waals surface area contributed by atoms with Gasteiger partial charge in [0.1, 0.15) is 0 Å². The fourth-order valence-electron chi connectivity index (χ4n) is 2.28. The average Bonchev–Trinajstić information content (AvgIpc) is 2.92. The number of methoxy groups -OCH3 is 1. The van der Waals surface area contributed by atoms with Gasteiger partial charge in [0.25, 0.3) is 0 Å². The number of nitrogens with zero attached hydrogens (tertiary/aromatic N) is 6. The molecule has 11 nitrogen and oxygen atoms in total. The van der Waals surface area contributed by atoms with Crippen LogP contribution in [0, 0.1) is 16.0 Å². The minimum Gasteiger partial charge on any atom is -0.465 e. The van der Waals surface area contributed by atoms with Gasteiger partial charge in [-0.15, -0.1) is 0 Å². The van der Waals surface area contributed by atoms with Crippen LogP contribution in [0.5, 0.6) is 0 Å². The number of carbonyl (C=O) groups is 2. The number of aromatic nitrogens is 1. The zero-order valence-electron chi connectivity index (χ0n) is 12.1. The lowest BCUT2D eigenvalue weighted by molar-refractivity contribution is -0.384. The van der Waals surface area contributed by atoms with Crippen LogP contribution in [0.2, 0.25) is 0 Å². The Morgan fingerprint density at radius 3 is 3.04 bits per heavy atom. The highest BCUT2D eigenvalue weighted by Gasteiger charge is 2.35. The van der Waals surface area contributed by atoms with E-state index >= 15 is 0 Å². The maximum absolute atomic E-state index is 12.0. The van der Waals surface area contributed by atoms with E-state index in [4.69, 9.17) is 5.53 Å². The number of anilines is 1. The molecule has 1 aromatic rings. The molecule has 1 fully saturated rings. The quantitative estimate of drug-likeness (QED) is 0.200. The summed E-state index contributed by atoms with van der Waals surface area (Å²) in [6, 6.07) is 1.02. The molecule has 120 valence electrons. The van der Waals surface area contributed by atoms with Crippen molar-refractivity contribution < 1.29 is 19.2 Å². The molecular formula is C12H12N6O5. The zero-order valence-corrected chi connectivity index (χ0v) is 12.1. The molecule has 1 aliphatic rings. The summed E-state index contributed by atoms with van der Waals surface area (Å²) < 4.78 is 4.49. The van der Waals surface area contributed by atoms with Gasteiger partial charge in [-0.1, -0.05) is 5.11 Å². The average molecular weight is 320 g/mol. The third-order valence-corrected chi connectivity index (χ3v) is 3.33. The molecule has 0 aliphatic carbocycles. The zero-order chi connectivity index (χ0) is 17.0. The van der Waals surface area contributed by atoms with Gasteiger partial charge in [-0.2, -0.15) is 0 Å². The molecule has 0 radical (unpaired) electrons. The molecule has 1 aliphatic heterocycles. The molecule has 1 amide bonds. The molecule has 1 atom stereocenters. The number of pyridine rings is 1. The van der Waals surface area contributed by atoms with Crippen molar-refractivity contribution >= 4 is 23.4 Å². The molecule has 0 spiro atoms. The molecule has 23 heavy (non-hydrogen) atoms. The van der Waals surface area contributed by atoms with Crippen LogP contribution in [0.25, 0.3) is 10.4 Å². The number of amides is 1. The summed E-state index contributed by atoms with van der Waals surface area (Å²) in [7, 11) is 1.15. The number of nitro groups is 1. The number of hydrogen-bond acceptors (Lipinski definition) is 7. The van der Waals surface area contributed by atoms with Crippen molar-refractivity contribution in [3.8, 4) is 0 Å². The summed E-state index contributed by atoms with van der Waals surface area (Å²) in [6.07, 6.45) is 1.22. The highest BCUT2D eigenvalue weighted by molar-refractivity contribution is 5.98. The first-order valence-corrected chi connectivity index (χ1v) is 6.52. The van der Waals surface area contributed by atoms with Gasteiger partial charge in [-0.05, 0) is 11.4 Å². The minimum absolute atomic E-state index is 0.0831. The number of rotatable bonds is 5. The molecule has 0 bridgehead atoms. The normalized spacial score (nSPS) is 16.8. The Morgan fingerprint density at radius 1 is 1.70 bits per heavy atom. The van der Waals surface area contributed by atoms with E-state index in [1.54, 1.807) is 0 Å². The van der Waals surface area contributed by atoms with Crippen LogP contribution < -0.4 is 4.90 Å². The molecule has 1 unspecified atom stereocenters. The molecule has 1 aromatic heterocycles. The second kappa shape index (κ2) is 6.71. The van der Waals surface area contributed by atoms with Crippen LogP contribution in [0.1, 0.15) is 16.8 Å². The third-order valence-electron chi connectivity index (χ3n) is 3.33. The molecule has 2 heterocycles. The SMILES string of the molecule is COC(=O)c1cnc(N2CC(CN=[N+]=[N-])CC2=O)c([N+](=O)[O-])c1. The maximum atomic E-state index is 12.0. The lowest BCUT2D eigenvalue weighted by Gasteiger charge is -2.15.